The van der Waals surface area contributed by atoms with Gasteiger partial charge in [0.1, 0.15) is 0 Å². The van der Waals surface area contributed by atoms with Crippen LogP contribution in [0.2, 0.25) is 0 Å². The van der Waals surface area contributed by atoms with Crippen molar-refractivity contribution in [2.24, 2.45) is 0 Å². The quantitative estimate of drug-likeness (QED) is 0.825. The van der Waals surface area contributed by atoms with Gasteiger partial charge in [0.25, 0.3) is 6.47 Å². The lowest BCUT2D eigenvalue weighted by molar-refractivity contribution is -0.122. The second kappa shape index (κ2) is 8.05. The zero-order chi connectivity index (χ0) is 15.9. The highest BCUT2D eigenvalue weighted by Gasteiger charge is 2.26. The van der Waals surface area contributed by atoms with Crippen LogP contribution in [-0.4, -0.2) is 23.3 Å². The molecule has 0 aromatic heterocycles. The fourth-order valence-electron chi connectivity index (χ4n) is 2.78. The Morgan fingerprint density at radius 1 is 1.25 bits per heavy atom. The van der Waals surface area contributed by atoms with Crippen LogP contribution in [0.4, 0.5) is 0 Å². The lowest BCUT2D eigenvalue weighted by Gasteiger charge is -2.31. The van der Waals surface area contributed by atoms with E-state index in [1.54, 1.807) is 0 Å². The number of aryl methyl sites for hydroxylation is 2. The Hall–Kier alpha value is -1.35. The van der Waals surface area contributed by atoms with E-state index in [1.165, 1.54) is 22.3 Å². The van der Waals surface area contributed by atoms with Crippen molar-refractivity contribution < 1.29 is 15.0 Å². The fraction of sp³-hybridized carbons (Fsp3) is 0.588. The van der Waals surface area contributed by atoms with E-state index in [1.807, 2.05) is 0 Å². The van der Waals surface area contributed by atoms with E-state index in [4.69, 9.17) is 9.90 Å². The van der Waals surface area contributed by atoms with Crippen LogP contribution >= 0.6 is 0 Å². The highest BCUT2D eigenvalue weighted by Crippen LogP contribution is 2.36. The highest BCUT2D eigenvalue weighted by atomic mass is 16.3. The van der Waals surface area contributed by atoms with Gasteiger partial charge in [0.05, 0.1) is 0 Å². The molecule has 20 heavy (non-hydrogen) atoms. The van der Waals surface area contributed by atoms with Gasteiger partial charge in [0.2, 0.25) is 0 Å². The molecule has 0 spiro atoms. The molecule has 0 heterocycles. The summed E-state index contributed by atoms with van der Waals surface area (Å²) in [4.78, 5) is 8.36. The first kappa shape index (κ1) is 18.7. The van der Waals surface area contributed by atoms with E-state index >= 15 is 0 Å². The average Bonchev–Trinajstić information content (AvgIpc) is 2.27. The van der Waals surface area contributed by atoms with E-state index in [2.05, 4.69) is 53.7 Å². The number of rotatable bonds is 4. The predicted molar refractivity (Wildman–Crippen MR) is 83.4 cm³/mol. The molecule has 0 aliphatic carbocycles. The predicted octanol–water partition coefficient (Wildman–Crippen LogP) is 3.79. The van der Waals surface area contributed by atoms with Crippen molar-refractivity contribution in [3.05, 3.63) is 34.4 Å². The van der Waals surface area contributed by atoms with E-state index < -0.39 is 0 Å². The second-order valence-electron chi connectivity index (χ2n) is 6.16. The first-order chi connectivity index (χ1) is 9.21. The molecule has 3 nitrogen and oxygen atoms in total. The monoisotopic (exact) mass is 280 g/mol. The minimum Gasteiger partial charge on any atom is -0.483 e. The van der Waals surface area contributed by atoms with Crippen molar-refractivity contribution >= 4 is 6.47 Å². The zero-order valence-corrected chi connectivity index (χ0v) is 13.5. The van der Waals surface area contributed by atoms with Crippen molar-refractivity contribution in [2.45, 2.75) is 59.3 Å². The van der Waals surface area contributed by atoms with Crippen LogP contribution in [0.3, 0.4) is 0 Å². The van der Waals surface area contributed by atoms with Crippen LogP contribution in [0.1, 0.15) is 62.3 Å². The van der Waals surface area contributed by atoms with Gasteiger partial charge in [0, 0.05) is 6.61 Å². The Labute approximate surface area is 122 Å². The fourth-order valence-corrected chi connectivity index (χ4v) is 2.78. The molecule has 0 saturated carbocycles. The largest absolute Gasteiger partial charge is 0.483 e. The third-order valence-corrected chi connectivity index (χ3v) is 3.55. The molecule has 1 aromatic rings. The van der Waals surface area contributed by atoms with Crippen LogP contribution in [0.5, 0.6) is 0 Å². The van der Waals surface area contributed by atoms with Crippen LogP contribution in [-0.2, 0) is 10.2 Å². The van der Waals surface area contributed by atoms with Gasteiger partial charge in [0.15, 0.2) is 0 Å². The summed E-state index contributed by atoms with van der Waals surface area (Å²) in [5.41, 5.74) is 5.58. The standard InChI is InChI=1S/C16H26O.CH2O2/c1-11(2)14-10-12(3)9-13(4)15(14)16(5,6)7-8-17;2-1-3/h9-11,17H,7-8H2,1-6H3;1H,(H,2,3). The number of aliphatic hydroxyl groups is 1. The molecule has 1 rings (SSSR count). The van der Waals surface area contributed by atoms with Gasteiger partial charge in [-0.05, 0) is 48.3 Å². The summed E-state index contributed by atoms with van der Waals surface area (Å²) in [6.07, 6.45) is 0.816. The number of carboxylic acid groups (broad SMARTS) is 1. The molecule has 114 valence electrons. The van der Waals surface area contributed by atoms with Crippen LogP contribution in [0, 0.1) is 13.8 Å². The SMILES string of the molecule is Cc1cc(C)c(C(C)(C)CCO)c(C(C)C)c1.O=CO. The van der Waals surface area contributed by atoms with Gasteiger partial charge in [-0.3, -0.25) is 4.79 Å². The second-order valence-corrected chi connectivity index (χ2v) is 6.16. The summed E-state index contributed by atoms with van der Waals surface area (Å²) in [7, 11) is 0. The highest BCUT2D eigenvalue weighted by molar-refractivity contribution is 5.44. The molecule has 0 aliphatic heterocycles. The first-order valence-electron chi connectivity index (χ1n) is 7.01. The van der Waals surface area contributed by atoms with Gasteiger partial charge in [-0.15, -0.1) is 0 Å². The summed E-state index contributed by atoms with van der Waals surface area (Å²) < 4.78 is 0. The number of benzene rings is 1. The van der Waals surface area contributed by atoms with Gasteiger partial charge >= 0.3 is 0 Å². The molecule has 0 unspecified atom stereocenters. The van der Waals surface area contributed by atoms with Crippen molar-refractivity contribution in [2.75, 3.05) is 6.61 Å². The topological polar surface area (TPSA) is 57.5 Å². The van der Waals surface area contributed by atoms with Gasteiger partial charge in [-0.1, -0.05) is 45.4 Å². The minimum atomic E-state index is -0.250. The average molecular weight is 280 g/mol. The molecule has 0 radical (unpaired) electrons. The van der Waals surface area contributed by atoms with Crippen molar-refractivity contribution in [3.8, 4) is 0 Å². The van der Waals surface area contributed by atoms with E-state index in [0.29, 0.717) is 5.92 Å². The normalized spacial score (nSPS) is 11.0. The number of hydrogen-bond acceptors (Lipinski definition) is 2. The Morgan fingerprint density at radius 2 is 1.75 bits per heavy atom. The smallest absolute Gasteiger partial charge is 0.290 e. The third-order valence-electron chi connectivity index (χ3n) is 3.55. The number of aliphatic hydroxyl groups excluding tert-OH is 1. The summed E-state index contributed by atoms with van der Waals surface area (Å²) in [6.45, 7) is 13.3. The van der Waals surface area contributed by atoms with Gasteiger partial charge < -0.3 is 10.2 Å². The molecule has 3 heteroatoms. The molecule has 0 aliphatic rings. The van der Waals surface area contributed by atoms with Crippen molar-refractivity contribution in [1.29, 1.82) is 0 Å². The van der Waals surface area contributed by atoms with Crippen LogP contribution in [0.25, 0.3) is 0 Å². The molecule has 0 amide bonds. The molecular weight excluding hydrogens is 252 g/mol. The molecule has 0 bridgehead atoms. The van der Waals surface area contributed by atoms with Crippen molar-refractivity contribution in [1.82, 2.24) is 0 Å². The summed E-state index contributed by atoms with van der Waals surface area (Å²) in [5.74, 6) is 0.529. The van der Waals surface area contributed by atoms with E-state index in [0.717, 1.165) is 6.42 Å². The van der Waals surface area contributed by atoms with Crippen LogP contribution in [0.15, 0.2) is 12.1 Å². The maximum atomic E-state index is 9.24. The molecular formula is C17H28O3. The molecule has 1 aromatic carbocycles. The molecule has 0 atom stereocenters. The van der Waals surface area contributed by atoms with E-state index in [9.17, 15) is 5.11 Å². The molecule has 2 N–H and O–H groups in total. The number of carbonyl (C=O) groups is 1. The van der Waals surface area contributed by atoms with Crippen molar-refractivity contribution in [3.63, 3.8) is 0 Å². The maximum Gasteiger partial charge on any atom is 0.290 e. The third kappa shape index (κ3) is 4.97. The van der Waals surface area contributed by atoms with Gasteiger partial charge in [-0.2, -0.15) is 0 Å². The maximum absolute atomic E-state index is 9.24. The summed E-state index contributed by atoms with van der Waals surface area (Å²) >= 11 is 0. The Kier molecular flexibility index (Phi) is 7.51. The molecule has 0 fully saturated rings. The minimum absolute atomic E-state index is 0.0478. The van der Waals surface area contributed by atoms with Gasteiger partial charge in [-0.25, -0.2) is 0 Å². The van der Waals surface area contributed by atoms with E-state index in [-0.39, 0.29) is 18.5 Å². The Balaban J connectivity index is 0.00000110. The lowest BCUT2D eigenvalue weighted by Crippen LogP contribution is -2.23. The number of hydrogen-bond donors (Lipinski definition) is 2. The van der Waals surface area contributed by atoms with Crippen LogP contribution < -0.4 is 0 Å². The first-order valence-corrected chi connectivity index (χ1v) is 7.01. The lowest BCUT2D eigenvalue weighted by atomic mass is 9.74. The summed E-state index contributed by atoms with van der Waals surface area (Å²) in [5, 5.41) is 16.1. The summed E-state index contributed by atoms with van der Waals surface area (Å²) in [6, 6.07) is 4.55. The zero-order valence-electron chi connectivity index (χ0n) is 13.5. The molecule has 0 saturated heterocycles. The Morgan fingerprint density at radius 3 is 2.15 bits per heavy atom. The Bertz CT molecular complexity index is 434.